The van der Waals surface area contributed by atoms with E-state index in [1.165, 1.54) is 0 Å². The van der Waals surface area contributed by atoms with Crippen LogP contribution in [0, 0.1) is 5.41 Å². The van der Waals surface area contributed by atoms with Crippen LogP contribution in [-0.4, -0.2) is 52.5 Å². The van der Waals surface area contributed by atoms with Gasteiger partial charge >= 0.3 is 6.03 Å². The second kappa shape index (κ2) is 5.54. The summed E-state index contributed by atoms with van der Waals surface area (Å²) in [5.74, 6) is 0.153. The molecule has 2 saturated heterocycles. The van der Waals surface area contributed by atoms with Crippen LogP contribution in [0.2, 0.25) is 0 Å². The molecule has 1 aromatic rings. The molecule has 3 heterocycles. The lowest BCUT2D eigenvalue weighted by molar-refractivity contribution is -0.119. The van der Waals surface area contributed by atoms with E-state index in [9.17, 15) is 9.59 Å². The summed E-state index contributed by atoms with van der Waals surface area (Å²) in [6, 6.07) is 0.214. The van der Waals surface area contributed by atoms with Crippen molar-refractivity contribution < 1.29 is 9.59 Å². The Labute approximate surface area is 135 Å². The molecule has 4 rings (SSSR count). The Hall–Kier alpha value is -2.05. The summed E-state index contributed by atoms with van der Waals surface area (Å²) in [7, 11) is 0. The molecular formula is C16H23N5O2. The number of piperidine rings is 1. The monoisotopic (exact) mass is 317 g/mol. The number of hydrogen-bond donors (Lipinski definition) is 3. The quantitative estimate of drug-likeness (QED) is 0.708. The van der Waals surface area contributed by atoms with E-state index >= 15 is 0 Å². The second-order valence-electron chi connectivity index (χ2n) is 7.16. The molecule has 3 aliphatic rings. The number of fused-ring (bicyclic) bond motifs is 1. The number of amides is 3. The third kappa shape index (κ3) is 2.80. The molecule has 1 unspecified atom stereocenters. The predicted molar refractivity (Wildman–Crippen MR) is 83.8 cm³/mol. The summed E-state index contributed by atoms with van der Waals surface area (Å²) < 4.78 is 0. The van der Waals surface area contributed by atoms with E-state index in [1.54, 1.807) is 6.33 Å². The number of aryl methyl sites for hydroxylation is 1. The first-order chi connectivity index (χ1) is 11.1. The molecule has 3 N–H and O–H groups in total. The molecule has 7 nitrogen and oxygen atoms in total. The number of hydrogen-bond acceptors (Lipinski definition) is 3. The fourth-order valence-corrected chi connectivity index (χ4v) is 4.08. The number of carbonyl (C=O) groups is 2. The Morgan fingerprint density at radius 2 is 2.22 bits per heavy atom. The van der Waals surface area contributed by atoms with E-state index in [-0.39, 0.29) is 23.4 Å². The van der Waals surface area contributed by atoms with E-state index in [4.69, 9.17) is 0 Å². The lowest BCUT2D eigenvalue weighted by atomic mass is 9.78. The van der Waals surface area contributed by atoms with Crippen molar-refractivity contribution in [2.75, 3.05) is 19.6 Å². The average molecular weight is 317 g/mol. The van der Waals surface area contributed by atoms with Gasteiger partial charge in [-0.15, -0.1) is 0 Å². The first kappa shape index (κ1) is 14.5. The normalized spacial score (nSPS) is 26.0. The lowest BCUT2D eigenvalue weighted by Crippen LogP contribution is -2.51. The van der Waals surface area contributed by atoms with Crippen LogP contribution in [0.3, 0.4) is 0 Å². The van der Waals surface area contributed by atoms with Gasteiger partial charge in [-0.1, -0.05) is 0 Å². The molecule has 0 bridgehead atoms. The molecule has 0 saturated carbocycles. The summed E-state index contributed by atoms with van der Waals surface area (Å²) >= 11 is 0. The van der Waals surface area contributed by atoms with Crippen molar-refractivity contribution in [3.8, 4) is 0 Å². The number of aromatic amines is 1. The van der Waals surface area contributed by atoms with Crippen LogP contribution in [0.4, 0.5) is 4.79 Å². The second-order valence-corrected chi connectivity index (χ2v) is 7.16. The molecular weight excluding hydrogens is 294 g/mol. The Kier molecular flexibility index (Phi) is 3.50. The molecule has 7 heteroatoms. The smallest absolute Gasteiger partial charge is 0.317 e. The van der Waals surface area contributed by atoms with Gasteiger partial charge in [-0.25, -0.2) is 9.78 Å². The van der Waals surface area contributed by atoms with E-state index in [0.717, 1.165) is 63.1 Å². The lowest BCUT2D eigenvalue weighted by Gasteiger charge is -2.38. The summed E-state index contributed by atoms with van der Waals surface area (Å²) in [5, 5.41) is 6.09. The van der Waals surface area contributed by atoms with Crippen LogP contribution < -0.4 is 10.6 Å². The molecule has 3 amide bonds. The van der Waals surface area contributed by atoms with Crippen LogP contribution in [0.5, 0.6) is 0 Å². The molecule has 124 valence electrons. The third-order valence-electron chi connectivity index (χ3n) is 5.62. The third-order valence-corrected chi connectivity index (χ3v) is 5.62. The predicted octanol–water partition coefficient (Wildman–Crippen LogP) is 0.579. The minimum atomic E-state index is 0.0325. The van der Waals surface area contributed by atoms with Gasteiger partial charge in [0.15, 0.2) is 0 Å². The van der Waals surface area contributed by atoms with Gasteiger partial charge in [0.05, 0.1) is 12.0 Å². The Balaban J connectivity index is 1.30. The van der Waals surface area contributed by atoms with Crippen molar-refractivity contribution in [1.29, 1.82) is 0 Å². The standard InChI is InChI=1S/C16H23N5O2/c22-14-8-16(9-17-14)3-5-21(6-4-16)15(23)20-11-1-2-12-13(7-11)19-10-18-12/h10-11H,1-9H2,(H,17,22)(H,18,19)(H,20,23). The molecule has 0 aromatic carbocycles. The van der Waals surface area contributed by atoms with Crippen LogP contribution in [-0.2, 0) is 17.6 Å². The van der Waals surface area contributed by atoms with E-state index in [1.807, 2.05) is 4.90 Å². The van der Waals surface area contributed by atoms with Crippen LogP contribution in [0.1, 0.15) is 37.1 Å². The van der Waals surface area contributed by atoms with Crippen LogP contribution in [0.25, 0.3) is 0 Å². The highest BCUT2D eigenvalue weighted by Crippen LogP contribution is 2.37. The van der Waals surface area contributed by atoms with Gasteiger partial charge in [-0.05, 0) is 31.1 Å². The van der Waals surface area contributed by atoms with Crippen molar-refractivity contribution in [1.82, 2.24) is 25.5 Å². The number of aromatic nitrogens is 2. The van der Waals surface area contributed by atoms with Crippen molar-refractivity contribution in [3.05, 3.63) is 17.7 Å². The zero-order valence-corrected chi connectivity index (χ0v) is 13.2. The minimum absolute atomic E-state index is 0.0325. The molecule has 1 aliphatic carbocycles. The largest absolute Gasteiger partial charge is 0.356 e. The summed E-state index contributed by atoms with van der Waals surface area (Å²) in [4.78, 5) is 33.3. The maximum Gasteiger partial charge on any atom is 0.317 e. The van der Waals surface area contributed by atoms with Gasteiger partial charge in [-0.2, -0.15) is 0 Å². The number of likely N-dealkylation sites (tertiary alicyclic amines) is 1. The fourth-order valence-electron chi connectivity index (χ4n) is 4.08. The SMILES string of the molecule is O=C1CC2(CCN(C(=O)NC3CCc4nc[nH]c4C3)CC2)CN1. The van der Waals surface area contributed by atoms with Crippen LogP contribution in [0.15, 0.2) is 6.33 Å². The highest BCUT2D eigenvalue weighted by Gasteiger charge is 2.41. The highest BCUT2D eigenvalue weighted by molar-refractivity contribution is 5.79. The summed E-state index contributed by atoms with van der Waals surface area (Å²) in [5.41, 5.74) is 2.37. The molecule has 2 fully saturated rings. The molecule has 1 spiro atoms. The fraction of sp³-hybridized carbons (Fsp3) is 0.688. The minimum Gasteiger partial charge on any atom is -0.356 e. The number of urea groups is 1. The van der Waals surface area contributed by atoms with Gasteiger partial charge in [0.1, 0.15) is 0 Å². The van der Waals surface area contributed by atoms with Crippen molar-refractivity contribution in [3.63, 3.8) is 0 Å². The Morgan fingerprint density at radius 3 is 2.96 bits per heavy atom. The Morgan fingerprint density at radius 1 is 1.39 bits per heavy atom. The first-order valence-corrected chi connectivity index (χ1v) is 8.47. The topological polar surface area (TPSA) is 90.1 Å². The first-order valence-electron chi connectivity index (χ1n) is 8.47. The van der Waals surface area contributed by atoms with Crippen molar-refractivity contribution in [2.24, 2.45) is 5.41 Å². The summed E-state index contributed by atoms with van der Waals surface area (Å²) in [6.45, 7) is 2.25. The van der Waals surface area contributed by atoms with Gasteiger partial charge in [0.2, 0.25) is 5.91 Å². The molecule has 2 aliphatic heterocycles. The number of nitrogens with one attached hydrogen (secondary N) is 3. The number of carbonyl (C=O) groups excluding carboxylic acids is 2. The highest BCUT2D eigenvalue weighted by atomic mass is 16.2. The van der Waals surface area contributed by atoms with Crippen molar-refractivity contribution >= 4 is 11.9 Å². The maximum atomic E-state index is 12.5. The molecule has 0 radical (unpaired) electrons. The maximum absolute atomic E-state index is 12.5. The number of rotatable bonds is 1. The van der Waals surface area contributed by atoms with E-state index in [2.05, 4.69) is 20.6 Å². The zero-order valence-electron chi connectivity index (χ0n) is 13.2. The van der Waals surface area contributed by atoms with E-state index in [0.29, 0.717) is 6.42 Å². The molecule has 23 heavy (non-hydrogen) atoms. The Bertz CT molecular complexity index is 618. The van der Waals surface area contributed by atoms with Crippen molar-refractivity contribution in [2.45, 2.75) is 44.6 Å². The van der Waals surface area contributed by atoms with Gasteiger partial charge in [0.25, 0.3) is 0 Å². The van der Waals surface area contributed by atoms with Gasteiger partial charge in [-0.3, -0.25) is 4.79 Å². The zero-order chi connectivity index (χ0) is 15.9. The van der Waals surface area contributed by atoms with Crippen LogP contribution >= 0.6 is 0 Å². The number of nitrogens with zero attached hydrogens (tertiary/aromatic N) is 2. The average Bonchev–Trinajstić information content (AvgIpc) is 3.14. The number of H-pyrrole nitrogens is 1. The summed E-state index contributed by atoms with van der Waals surface area (Å²) in [6.07, 6.45) is 6.87. The van der Waals surface area contributed by atoms with E-state index < -0.39 is 0 Å². The van der Waals surface area contributed by atoms with Gasteiger partial charge < -0.3 is 20.5 Å². The molecule has 1 aromatic heterocycles. The molecule has 1 atom stereocenters. The van der Waals surface area contributed by atoms with Gasteiger partial charge in [0, 0.05) is 44.2 Å². The number of imidazole rings is 1.